The second-order valence-corrected chi connectivity index (χ2v) is 8.90. The summed E-state index contributed by atoms with van der Waals surface area (Å²) in [6.45, 7) is 0. The molecule has 0 bridgehead atoms. The molecular formula is C24H25FN2O6S. The van der Waals surface area contributed by atoms with Crippen LogP contribution in [0.5, 0.6) is 17.2 Å². The number of methoxy groups -OCH3 is 3. The number of amides is 1. The summed E-state index contributed by atoms with van der Waals surface area (Å²) < 4.78 is 58.1. The Labute approximate surface area is 197 Å². The van der Waals surface area contributed by atoms with Crippen LogP contribution in [0.3, 0.4) is 0 Å². The molecule has 3 aromatic carbocycles. The predicted octanol–water partition coefficient (Wildman–Crippen LogP) is 3.38. The maximum Gasteiger partial charge on any atom is 0.245 e. The molecule has 180 valence electrons. The Hall–Kier alpha value is -3.63. The van der Waals surface area contributed by atoms with Gasteiger partial charge in [0.05, 0.1) is 27.0 Å². The van der Waals surface area contributed by atoms with Crippen molar-refractivity contribution in [2.45, 2.75) is 17.4 Å². The molecule has 1 unspecified atom stereocenters. The van der Waals surface area contributed by atoms with Crippen LogP contribution in [-0.4, -0.2) is 41.7 Å². The van der Waals surface area contributed by atoms with Gasteiger partial charge in [-0.25, -0.2) is 12.8 Å². The van der Waals surface area contributed by atoms with Crippen molar-refractivity contribution in [3.05, 3.63) is 78.1 Å². The number of hydrogen-bond donors (Lipinski definition) is 2. The van der Waals surface area contributed by atoms with E-state index in [2.05, 4.69) is 10.0 Å². The van der Waals surface area contributed by atoms with Crippen molar-refractivity contribution in [2.75, 3.05) is 26.6 Å². The van der Waals surface area contributed by atoms with Crippen molar-refractivity contribution in [3.8, 4) is 17.2 Å². The lowest BCUT2D eigenvalue weighted by Gasteiger charge is -2.20. The maximum absolute atomic E-state index is 13.8. The van der Waals surface area contributed by atoms with Crippen LogP contribution in [0.15, 0.2) is 71.6 Å². The number of anilines is 1. The quantitative estimate of drug-likeness (QED) is 0.454. The van der Waals surface area contributed by atoms with Crippen LogP contribution in [0.4, 0.5) is 10.1 Å². The molecule has 3 aromatic rings. The summed E-state index contributed by atoms with van der Waals surface area (Å²) in [4.78, 5) is 12.8. The zero-order valence-electron chi connectivity index (χ0n) is 18.9. The Kier molecular flexibility index (Phi) is 8.08. The Balaban J connectivity index is 1.94. The first-order chi connectivity index (χ1) is 16.3. The van der Waals surface area contributed by atoms with Gasteiger partial charge in [0.15, 0.2) is 0 Å². The van der Waals surface area contributed by atoms with Crippen LogP contribution in [0.1, 0.15) is 5.56 Å². The third kappa shape index (κ3) is 6.03. The molecule has 0 aromatic heterocycles. The maximum atomic E-state index is 13.8. The van der Waals surface area contributed by atoms with E-state index in [0.717, 1.165) is 17.7 Å². The van der Waals surface area contributed by atoms with Gasteiger partial charge in [-0.3, -0.25) is 4.79 Å². The Bertz CT molecular complexity index is 1250. The lowest BCUT2D eigenvalue weighted by atomic mass is 10.1. The molecule has 3 rings (SSSR count). The molecule has 8 nitrogen and oxygen atoms in total. The molecule has 2 N–H and O–H groups in total. The number of halogens is 1. The molecule has 0 aliphatic rings. The van der Waals surface area contributed by atoms with E-state index >= 15 is 0 Å². The van der Waals surface area contributed by atoms with Gasteiger partial charge in [0.2, 0.25) is 15.9 Å². The number of rotatable bonds is 10. The van der Waals surface area contributed by atoms with E-state index in [1.165, 1.54) is 27.4 Å². The van der Waals surface area contributed by atoms with E-state index in [1.54, 1.807) is 42.5 Å². The fraction of sp³-hybridized carbons (Fsp3) is 0.208. The third-order valence-corrected chi connectivity index (χ3v) is 6.47. The summed E-state index contributed by atoms with van der Waals surface area (Å²) in [5.74, 6) is -0.584. The monoisotopic (exact) mass is 488 g/mol. The van der Waals surface area contributed by atoms with E-state index in [9.17, 15) is 17.6 Å². The minimum atomic E-state index is -4.34. The number of carbonyl (C=O) groups is 1. The molecule has 1 amide bonds. The highest BCUT2D eigenvalue weighted by Gasteiger charge is 2.29. The Morgan fingerprint density at radius 3 is 2.26 bits per heavy atom. The fourth-order valence-corrected chi connectivity index (χ4v) is 4.65. The SMILES string of the molecule is COc1ccc(NC(=O)C(Cc2ccccc2)NS(=O)(=O)c2cc(F)ccc2OC)c(OC)c1. The van der Waals surface area contributed by atoms with E-state index in [-0.39, 0.29) is 12.2 Å². The van der Waals surface area contributed by atoms with Crippen LogP contribution < -0.4 is 24.2 Å². The molecule has 10 heteroatoms. The molecule has 0 saturated carbocycles. The third-order valence-electron chi connectivity index (χ3n) is 4.98. The first kappa shape index (κ1) is 25.0. The second kappa shape index (κ2) is 11.0. The van der Waals surface area contributed by atoms with Crippen LogP contribution >= 0.6 is 0 Å². The number of sulfonamides is 1. The molecule has 1 atom stereocenters. The highest BCUT2D eigenvalue weighted by molar-refractivity contribution is 7.89. The van der Waals surface area contributed by atoms with Crippen LogP contribution in [0.25, 0.3) is 0 Å². The zero-order chi connectivity index (χ0) is 24.7. The van der Waals surface area contributed by atoms with Crippen LogP contribution in [-0.2, 0) is 21.2 Å². The summed E-state index contributed by atoms with van der Waals surface area (Å²) in [5.41, 5.74) is 1.05. The van der Waals surface area contributed by atoms with E-state index in [1.807, 2.05) is 6.07 Å². The van der Waals surface area contributed by atoms with Crippen LogP contribution in [0, 0.1) is 5.82 Å². The lowest BCUT2D eigenvalue weighted by molar-refractivity contribution is -0.117. The molecule has 0 fully saturated rings. The Morgan fingerprint density at radius 1 is 0.912 bits per heavy atom. The molecule has 0 saturated heterocycles. The molecule has 0 aliphatic carbocycles. The first-order valence-electron chi connectivity index (χ1n) is 10.2. The van der Waals surface area contributed by atoms with E-state index in [0.29, 0.717) is 17.2 Å². The van der Waals surface area contributed by atoms with Gasteiger partial charge in [0.1, 0.15) is 34.0 Å². The fourth-order valence-electron chi connectivity index (χ4n) is 3.27. The number of hydrogen-bond acceptors (Lipinski definition) is 6. The van der Waals surface area contributed by atoms with Gasteiger partial charge in [-0.1, -0.05) is 30.3 Å². The van der Waals surface area contributed by atoms with Gasteiger partial charge in [0.25, 0.3) is 0 Å². The molecule has 0 radical (unpaired) electrons. The van der Waals surface area contributed by atoms with Gasteiger partial charge < -0.3 is 19.5 Å². The summed E-state index contributed by atoms with van der Waals surface area (Å²) in [6.07, 6.45) is 0.0437. The topological polar surface area (TPSA) is 103 Å². The lowest BCUT2D eigenvalue weighted by Crippen LogP contribution is -2.45. The Morgan fingerprint density at radius 2 is 1.62 bits per heavy atom. The van der Waals surface area contributed by atoms with Gasteiger partial charge >= 0.3 is 0 Å². The molecule has 0 spiro atoms. The highest BCUT2D eigenvalue weighted by atomic mass is 32.2. The molecule has 0 heterocycles. The standard InChI is InChI=1S/C24H25FN2O6S/c1-31-18-10-11-19(22(15-18)33-3)26-24(28)20(13-16-7-5-4-6-8-16)27-34(29,30)23-14-17(25)9-12-21(23)32-2/h4-12,14-15,20,27H,13H2,1-3H3,(H,26,28). The van der Waals surface area contributed by atoms with Crippen molar-refractivity contribution in [1.82, 2.24) is 4.72 Å². The van der Waals surface area contributed by atoms with Crippen molar-refractivity contribution in [1.29, 1.82) is 0 Å². The predicted molar refractivity (Wildman–Crippen MR) is 125 cm³/mol. The zero-order valence-corrected chi connectivity index (χ0v) is 19.7. The van der Waals surface area contributed by atoms with E-state index in [4.69, 9.17) is 14.2 Å². The van der Waals surface area contributed by atoms with Gasteiger partial charge in [-0.15, -0.1) is 0 Å². The summed E-state index contributed by atoms with van der Waals surface area (Å²) in [7, 11) is -0.128. The van der Waals surface area contributed by atoms with Crippen molar-refractivity contribution in [2.24, 2.45) is 0 Å². The van der Waals surface area contributed by atoms with Crippen LogP contribution in [0.2, 0.25) is 0 Å². The van der Waals surface area contributed by atoms with Crippen molar-refractivity contribution >= 4 is 21.6 Å². The number of ether oxygens (including phenoxy) is 3. The average molecular weight is 489 g/mol. The van der Waals surface area contributed by atoms with E-state index < -0.39 is 32.7 Å². The minimum absolute atomic E-state index is 0.0437. The van der Waals surface area contributed by atoms with Gasteiger partial charge in [-0.05, 0) is 42.3 Å². The minimum Gasteiger partial charge on any atom is -0.497 e. The number of nitrogens with one attached hydrogen (secondary N) is 2. The molecule has 0 aliphatic heterocycles. The second-order valence-electron chi connectivity index (χ2n) is 7.21. The molecule has 34 heavy (non-hydrogen) atoms. The average Bonchev–Trinajstić information content (AvgIpc) is 2.84. The molecular weight excluding hydrogens is 463 g/mol. The normalized spacial score (nSPS) is 12.0. The smallest absolute Gasteiger partial charge is 0.245 e. The van der Waals surface area contributed by atoms with Crippen molar-refractivity contribution < 1.29 is 31.8 Å². The number of carbonyl (C=O) groups excluding carboxylic acids is 1. The van der Waals surface area contributed by atoms with Gasteiger partial charge in [-0.2, -0.15) is 4.72 Å². The highest BCUT2D eigenvalue weighted by Crippen LogP contribution is 2.30. The largest absolute Gasteiger partial charge is 0.497 e. The summed E-state index contributed by atoms with van der Waals surface area (Å²) in [6, 6.07) is 15.6. The van der Waals surface area contributed by atoms with Gasteiger partial charge in [0, 0.05) is 6.07 Å². The first-order valence-corrected chi connectivity index (χ1v) is 11.7. The van der Waals surface area contributed by atoms with Crippen molar-refractivity contribution in [3.63, 3.8) is 0 Å². The number of benzene rings is 3. The summed E-state index contributed by atoms with van der Waals surface area (Å²) in [5, 5.41) is 2.70. The summed E-state index contributed by atoms with van der Waals surface area (Å²) >= 11 is 0.